The summed E-state index contributed by atoms with van der Waals surface area (Å²) in [6, 6.07) is 11.9. The topological polar surface area (TPSA) is 49.6 Å². The van der Waals surface area contributed by atoms with Crippen molar-refractivity contribution in [1.29, 1.82) is 0 Å². The van der Waals surface area contributed by atoms with E-state index in [2.05, 4.69) is 37.5 Å². The highest BCUT2D eigenvalue weighted by Crippen LogP contribution is 2.11. The molecule has 2 rings (SSSR count). The second-order valence-corrected chi connectivity index (χ2v) is 5.52. The molecule has 114 valence electrons. The van der Waals surface area contributed by atoms with Crippen LogP contribution in [0.5, 0.6) is 0 Å². The van der Waals surface area contributed by atoms with Crippen LogP contribution in [0, 0.1) is 12.3 Å². The number of nitrogens with one attached hydrogen (secondary N) is 2. The maximum Gasteiger partial charge on any atom is 0.192 e. The maximum absolute atomic E-state index is 5.30. The monoisotopic (exact) mass is 359 g/mol. The Morgan fingerprint density at radius 1 is 1.23 bits per heavy atom. The van der Waals surface area contributed by atoms with Gasteiger partial charge < -0.3 is 15.1 Å². The number of halogens is 1. The van der Waals surface area contributed by atoms with E-state index in [1.165, 1.54) is 0 Å². The van der Waals surface area contributed by atoms with Gasteiger partial charge in [-0.3, -0.25) is 0 Å². The van der Waals surface area contributed by atoms with Crippen molar-refractivity contribution in [2.75, 3.05) is 13.1 Å². The zero-order valence-electron chi connectivity index (χ0n) is 12.2. The van der Waals surface area contributed by atoms with E-state index in [0.29, 0.717) is 19.0 Å². The quantitative estimate of drug-likeness (QED) is 0.473. The average Bonchev–Trinajstić information content (AvgIpc) is 3.04. The van der Waals surface area contributed by atoms with Crippen molar-refractivity contribution in [2.24, 2.45) is 4.99 Å². The molecule has 0 radical (unpaired) electrons. The standard InChI is InChI=1S/C17H18BrN3O/c1-2-10-19-17(20-11-9-16-4-3-12-22-16)21-13-14-5-7-15(18)8-6-14/h1,3-8,12H,9-11,13H2,(H2,19,20,21). The third-order valence-electron chi connectivity index (χ3n) is 2.93. The number of furan rings is 1. The lowest BCUT2D eigenvalue weighted by molar-refractivity contribution is 0.507. The molecule has 0 atom stereocenters. The fourth-order valence-corrected chi connectivity index (χ4v) is 2.09. The van der Waals surface area contributed by atoms with Crippen LogP contribution < -0.4 is 10.6 Å². The van der Waals surface area contributed by atoms with Crippen LogP contribution in [0.25, 0.3) is 0 Å². The fourth-order valence-electron chi connectivity index (χ4n) is 1.83. The second-order valence-electron chi connectivity index (χ2n) is 4.61. The van der Waals surface area contributed by atoms with Crippen molar-refractivity contribution < 1.29 is 4.42 Å². The summed E-state index contributed by atoms with van der Waals surface area (Å²) < 4.78 is 6.36. The summed E-state index contributed by atoms with van der Waals surface area (Å²) in [4.78, 5) is 4.53. The van der Waals surface area contributed by atoms with Crippen LogP contribution in [0.15, 0.2) is 56.5 Å². The lowest BCUT2D eigenvalue weighted by atomic mass is 10.2. The first-order valence-corrected chi connectivity index (χ1v) is 7.79. The van der Waals surface area contributed by atoms with Gasteiger partial charge in [0.2, 0.25) is 0 Å². The van der Waals surface area contributed by atoms with E-state index < -0.39 is 0 Å². The first kappa shape index (κ1) is 16.2. The summed E-state index contributed by atoms with van der Waals surface area (Å²) >= 11 is 3.42. The van der Waals surface area contributed by atoms with Crippen molar-refractivity contribution in [2.45, 2.75) is 13.0 Å². The van der Waals surface area contributed by atoms with Crippen molar-refractivity contribution in [3.05, 3.63) is 58.5 Å². The van der Waals surface area contributed by atoms with E-state index >= 15 is 0 Å². The molecule has 4 nitrogen and oxygen atoms in total. The van der Waals surface area contributed by atoms with E-state index in [9.17, 15) is 0 Å². The summed E-state index contributed by atoms with van der Waals surface area (Å²) in [6.45, 7) is 1.76. The second kappa shape index (κ2) is 8.96. The normalized spacial score (nSPS) is 11.0. The Morgan fingerprint density at radius 3 is 2.73 bits per heavy atom. The van der Waals surface area contributed by atoms with Crippen molar-refractivity contribution in [1.82, 2.24) is 10.6 Å². The maximum atomic E-state index is 5.30. The zero-order valence-corrected chi connectivity index (χ0v) is 13.8. The molecule has 0 aliphatic rings. The molecule has 0 amide bonds. The van der Waals surface area contributed by atoms with E-state index in [-0.39, 0.29) is 0 Å². The highest BCUT2D eigenvalue weighted by atomic mass is 79.9. The largest absolute Gasteiger partial charge is 0.469 e. The third kappa shape index (κ3) is 5.66. The summed E-state index contributed by atoms with van der Waals surface area (Å²) in [7, 11) is 0. The smallest absolute Gasteiger partial charge is 0.192 e. The molecule has 2 aromatic rings. The summed E-state index contributed by atoms with van der Waals surface area (Å²) in [5.41, 5.74) is 1.14. The van der Waals surface area contributed by atoms with Crippen molar-refractivity contribution >= 4 is 21.9 Å². The van der Waals surface area contributed by atoms with Crippen LogP contribution in [0.1, 0.15) is 11.3 Å². The van der Waals surface area contributed by atoms with E-state index in [0.717, 1.165) is 28.8 Å². The highest BCUT2D eigenvalue weighted by Gasteiger charge is 2.00. The number of benzene rings is 1. The molecule has 2 N–H and O–H groups in total. The Labute approximate surface area is 139 Å². The molecule has 0 aliphatic heterocycles. The molecule has 0 saturated heterocycles. The number of rotatable bonds is 6. The summed E-state index contributed by atoms with van der Waals surface area (Å²) in [6.07, 6.45) is 7.76. The van der Waals surface area contributed by atoms with Gasteiger partial charge in [0.1, 0.15) is 5.76 Å². The third-order valence-corrected chi connectivity index (χ3v) is 3.46. The number of hydrogen-bond donors (Lipinski definition) is 2. The number of terminal acetylenes is 1. The molecule has 1 heterocycles. The highest BCUT2D eigenvalue weighted by molar-refractivity contribution is 9.10. The number of nitrogens with zero attached hydrogens (tertiary/aromatic N) is 1. The first-order valence-electron chi connectivity index (χ1n) is 7.00. The molecule has 0 aliphatic carbocycles. The van der Waals surface area contributed by atoms with Gasteiger partial charge in [0.15, 0.2) is 5.96 Å². The molecule has 1 aromatic carbocycles. The molecule has 0 fully saturated rings. The Morgan fingerprint density at radius 2 is 2.05 bits per heavy atom. The molecule has 0 bridgehead atoms. The molecular formula is C17H18BrN3O. The van der Waals surface area contributed by atoms with E-state index in [1.54, 1.807) is 6.26 Å². The molecule has 0 unspecified atom stereocenters. The van der Waals surface area contributed by atoms with E-state index in [4.69, 9.17) is 10.8 Å². The van der Waals surface area contributed by atoms with Gasteiger partial charge in [-0.05, 0) is 29.8 Å². The lowest BCUT2D eigenvalue weighted by Gasteiger charge is -2.10. The minimum Gasteiger partial charge on any atom is -0.469 e. The summed E-state index contributed by atoms with van der Waals surface area (Å²) in [5.74, 6) is 4.19. The van der Waals surface area contributed by atoms with Gasteiger partial charge in [-0.2, -0.15) is 0 Å². The zero-order chi connectivity index (χ0) is 15.6. The van der Waals surface area contributed by atoms with Crippen LogP contribution in [0.4, 0.5) is 0 Å². The van der Waals surface area contributed by atoms with Crippen LogP contribution in [0.3, 0.4) is 0 Å². The van der Waals surface area contributed by atoms with Crippen molar-refractivity contribution in [3.8, 4) is 12.3 Å². The Bertz CT molecular complexity index is 627. The van der Waals surface area contributed by atoms with Gasteiger partial charge in [0.25, 0.3) is 0 Å². The van der Waals surface area contributed by atoms with Crippen LogP contribution in [0.2, 0.25) is 0 Å². The van der Waals surface area contributed by atoms with Crippen LogP contribution in [-0.2, 0) is 13.0 Å². The van der Waals surface area contributed by atoms with Crippen LogP contribution in [-0.4, -0.2) is 19.0 Å². The van der Waals surface area contributed by atoms with Gasteiger partial charge in [-0.25, -0.2) is 4.99 Å². The minimum atomic E-state index is 0.437. The molecule has 0 spiro atoms. The van der Waals surface area contributed by atoms with Gasteiger partial charge in [0, 0.05) is 17.4 Å². The minimum absolute atomic E-state index is 0.437. The van der Waals surface area contributed by atoms with Crippen LogP contribution >= 0.6 is 15.9 Å². The number of hydrogen-bond acceptors (Lipinski definition) is 2. The molecule has 1 aromatic heterocycles. The SMILES string of the molecule is C#CCNC(=NCc1ccc(Br)cc1)NCCc1ccco1. The predicted octanol–water partition coefficient (Wildman–Crippen LogP) is 2.95. The molecule has 5 heteroatoms. The average molecular weight is 360 g/mol. The summed E-state index contributed by atoms with van der Waals surface area (Å²) in [5, 5.41) is 6.34. The first-order chi connectivity index (χ1) is 10.8. The van der Waals surface area contributed by atoms with Gasteiger partial charge in [0.05, 0.1) is 19.4 Å². The van der Waals surface area contributed by atoms with Crippen molar-refractivity contribution in [3.63, 3.8) is 0 Å². The lowest BCUT2D eigenvalue weighted by Crippen LogP contribution is -2.38. The molecule has 0 saturated carbocycles. The van der Waals surface area contributed by atoms with Gasteiger partial charge >= 0.3 is 0 Å². The van der Waals surface area contributed by atoms with E-state index in [1.807, 2.05) is 36.4 Å². The van der Waals surface area contributed by atoms with Gasteiger partial charge in [-0.1, -0.05) is 34.0 Å². The number of guanidine groups is 1. The Kier molecular flexibility index (Phi) is 6.59. The Balaban J connectivity index is 1.88. The Hall–Kier alpha value is -2.19. The molecular weight excluding hydrogens is 342 g/mol. The molecule has 22 heavy (non-hydrogen) atoms. The predicted molar refractivity (Wildman–Crippen MR) is 92.5 cm³/mol. The number of aliphatic imine (C=N–C) groups is 1. The van der Waals surface area contributed by atoms with Gasteiger partial charge in [-0.15, -0.1) is 6.42 Å². The fraction of sp³-hybridized carbons (Fsp3) is 0.235.